The van der Waals surface area contributed by atoms with Crippen LogP contribution in [0.3, 0.4) is 0 Å². The Labute approximate surface area is 119 Å². The maximum Gasteiger partial charge on any atom is 0.312 e. The zero-order chi connectivity index (χ0) is 14.4. The van der Waals surface area contributed by atoms with E-state index >= 15 is 0 Å². The van der Waals surface area contributed by atoms with Crippen molar-refractivity contribution in [2.45, 2.75) is 51.0 Å². The summed E-state index contributed by atoms with van der Waals surface area (Å²) in [5.74, 6) is 0.304. The van der Waals surface area contributed by atoms with Gasteiger partial charge in [-0.3, -0.25) is 10.1 Å². The van der Waals surface area contributed by atoms with E-state index in [-0.39, 0.29) is 5.69 Å². The molecular formula is C15H22N2O3. The number of anilines is 1. The number of hydrogen-bond acceptors (Lipinski definition) is 4. The molecule has 0 spiro atoms. The van der Waals surface area contributed by atoms with Crippen LogP contribution in [0.2, 0.25) is 0 Å². The number of ether oxygens (including phenoxy) is 1. The highest BCUT2D eigenvalue weighted by Crippen LogP contribution is 2.30. The SMILES string of the molecule is COc1ccc(NC2CCCCCCC2)cc1[N+](=O)[O-]. The van der Waals surface area contributed by atoms with E-state index in [1.54, 1.807) is 12.1 Å². The quantitative estimate of drug-likeness (QED) is 0.664. The highest BCUT2D eigenvalue weighted by atomic mass is 16.6. The van der Waals surface area contributed by atoms with E-state index in [2.05, 4.69) is 5.32 Å². The maximum absolute atomic E-state index is 11.0. The lowest BCUT2D eigenvalue weighted by Crippen LogP contribution is -2.20. The van der Waals surface area contributed by atoms with E-state index in [9.17, 15) is 10.1 Å². The lowest BCUT2D eigenvalue weighted by Gasteiger charge is -2.22. The first kappa shape index (κ1) is 14.6. The van der Waals surface area contributed by atoms with Crippen LogP contribution in [-0.4, -0.2) is 18.1 Å². The van der Waals surface area contributed by atoms with E-state index in [0.29, 0.717) is 11.8 Å². The molecule has 1 aromatic rings. The number of nitro benzene ring substituents is 1. The zero-order valence-corrected chi connectivity index (χ0v) is 11.9. The third-order valence-electron chi connectivity index (χ3n) is 3.85. The molecule has 0 amide bonds. The number of nitrogens with one attached hydrogen (secondary N) is 1. The van der Waals surface area contributed by atoms with Gasteiger partial charge in [0.1, 0.15) is 0 Å². The van der Waals surface area contributed by atoms with Gasteiger partial charge in [-0.15, -0.1) is 0 Å². The summed E-state index contributed by atoms with van der Waals surface area (Å²) >= 11 is 0. The van der Waals surface area contributed by atoms with Crippen molar-refractivity contribution >= 4 is 11.4 Å². The zero-order valence-electron chi connectivity index (χ0n) is 11.9. The fraction of sp³-hybridized carbons (Fsp3) is 0.600. The standard InChI is InChI=1S/C15H22N2O3/c1-20-15-10-9-13(11-14(15)17(18)19)16-12-7-5-3-2-4-6-8-12/h9-12,16H,2-8H2,1H3. The monoisotopic (exact) mass is 278 g/mol. The highest BCUT2D eigenvalue weighted by molar-refractivity contribution is 5.58. The Morgan fingerprint density at radius 3 is 2.45 bits per heavy atom. The molecule has 0 heterocycles. The summed E-state index contributed by atoms with van der Waals surface area (Å²) in [5, 5.41) is 14.5. The Bertz CT molecular complexity index is 454. The van der Waals surface area contributed by atoms with Crippen LogP contribution in [-0.2, 0) is 0 Å². The molecule has 1 aliphatic rings. The van der Waals surface area contributed by atoms with Gasteiger partial charge in [-0.25, -0.2) is 0 Å². The summed E-state index contributed by atoms with van der Waals surface area (Å²) in [7, 11) is 1.45. The van der Waals surface area contributed by atoms with Crippen molar-refractivity contribution < 1.29 is 9.66 Å². The molecule has 2 rings (SSSR count). The topological polar surface area (TPSA) is 64.4 Å². The summed E-state index contributed by atoms with van der Waals surface area (Å²) in [6, 6.07) is 5.49. The maximum atomic E-state index is 11.0. The molecule has 1 N–H and O–H groups in total. The van der Waals surface area contributed by atoms with Crippen LogP contribution in [0, 0.1) is 10.1 Å². The minimum atomic E-state index is -0.401. The third-order valence-corrected chi connectivity index (χ3v) is 3.85. The predicted octanol–water partition coefficient (Wildman–Crippen LogP) is 4.13. The largest absolute Gasteiger partial charge is 0.490 e. The van der Waals surface area contributed by atoms with Gasteiger partial charge in [-0.1, -0.05) is 32.1 Å². The van der Waals surface area contributed by atoms with Crippen molar-refractivity contribution in [3.63, 3.8) is 0 Å². The molecule has 1 aromatic carbocycles. The van der Waals surface area contributed by atoms with Gasteiger partial charge in [0.15, 0.2) is 5.75 Å². The molecule has 0 unspecified atom stereocenters. The first-order valence-corrected chi connectivity index (χ1v) is 7.29. The number of rotatable bonds is 4. The molecule has 1 aliphatic carbocycles. The number of nitro groups is 1. The molecule has 1 fully saturated rings. The first-order chi connectivity index (χ1) is 9.70. The lowest BCUT2D eigenvalue weighted by molar-refractivity contribution is -0.385. The summed E-state index contributed by atoms with van der Waals surface area (Å²) in [6.07, 6.45) is 8.66. The van der Waals surface area contributed by atoms with Gasteiger partial charge < -0.3 is 10.1 Å². The minimum Gasteiger partial charge on any atom is -0.490 e. The van der Waals surface area contributed by atoms with Gasteiger partial charge in [0, 0.05) is 17.8 Å². The summed E-state index contributed by atoms with van der Waals surface area (Å²) in [5.41, 5.74) is 0.825. The average molecular weight is 278 g/mol. The van der Waals surface area contributed by atoms with Crippen molar-refractivity contribution in [1.29, 1.82) is 0 Å². The molecule has 0 aromatic heterocycles. The van der Waals surface area contributed by atoms with Crippen LogP contribution in [0.25, 0.3) is 0 Å². The van der Waals surface area contributed by atoms with Crippen molar-refractivity contribution in [3.05, 3.63) is 28.3 Å². The Balaban J connectivity index is 2.08. The highest BCUT2D eigenvalue weighted by Gasteiger charge is 2.17. The van der Waals surface area contributed by atoms with Gasteiger partial charge in [0.25, 0.3) is 0 Å². The Morgan fingerprint density at radius 1 is 1.20 bits per heavy atom. The molecule has 0 radical (unpaired) electrons. The van der Waals surface area contributed by atoms with Crippen molar-refractivity contribution in [3.8, 4) is 5.75 Å². The Hall–Kier alpha value is -1.78. The molecule has 0 aliphatic heterocycles. The van der Waals surface area contributed by atoms with Crippen molar-refractivity contribution in [1.82, 2.24) is 0 Å². The van der Waals surface area contributed by atoms with Crippen molar-refractivity contribution in [2.24, 2.45) is 0 Å². The van der Waals surface area contributed by atoms with E-state index in [1.807, 2.05) is 6.07 Å². The number of methoxy groups -OCH3 is 1. The number of nitrogens with zero attached hydrogens (tertiary/aromatic N) is 1. The number of benzene rings is 1. The van der Waals surface area contributed by atoms with Crippen LogP contribution in [0.15, 0.2) is 18.2 Å². The lowest BCUT2D eigenvalue weighted by atomic mass is 9.96. The third kappa shape index (κ3) is 3.85. The second kappa shape index (κ2) is 7.12. The van der Waals surface area contributed by atoms with E-state index in [1.165, 1.54) is 39.2 Å². The molecular weight excluding hydrogens is 256 g/mol. The molecule has 0 saturated heterocycles. The van der Waals surface area contributed by atoms with Crippen LogP contribution in [0.5, 0.6) is 5.75 Å². The fourth-order valence-corrected chi connectivity index (χ4v) is 2.76. The predicted molar refractivity (Wildman–Crippen MR) is 79.4 cm³/mol. The van der Waals surface area contributed by atoms with Gasteiger partial charge >= 0.3 is 5.69 Å². The van der Waals surface area contributed by atoms with Gasteiger partial charge in [-0.2, -0.15) is 0 Å². The fourth-order valence-electron chi connectivity index (χ4n) is 2.76. The normalized spacial score (nSPS) is 17.1. The molecule has 5 heteroatoms. The van der Waals surface area contributed by atoms with Crippen LogP contribution in [0.4, 0.5) is 11.4 Å². The second-order valence-electron chi connectivity index (χ2n) is 5.33. The van der Waals surface area contributed by atoms with Crippen molar-refractivity contribution in [2.75, 3.05) is 12.4 Å². The van der Waals surface area contributed by atoms with Crippen LogP contribution >= 0.6 is 0 Å². The molecule has 5 nitrogen and oxygen atoms in total. The second-order valence-corrected chi connectivity index (χ2v) is 5.33. The first-order valence-electron chi connectivity index (χ1n) is 7.29. The molecule has 0 bridgehead atoms. The van der Waals surface area contributed by atoms with E-state index in [0.717, 1.165) is 18.5 Å². The summed E-state index contributed by atoms with van der Waals surface area (Å²) in [4.78, 5) is 10.6. The van der Waals surface area contributed by atoms with Crippen LogP contribution in [0.1, 0.15) is 44.9 Å². The molecule has 110 valence electrons. The van der Waals surface area contributed by atoms with Gasteiger partial charge in [0.05, 0.1) is 12.0 Å². The smallest absolute Gasteiger partial charge is 0.312 e. The Kier molecular flexibility index (Phi) is 5.21. The van der Waals surface area contributed by atoms with Gasteiger partial charge in [0.2, 0.25) is 0 Å². The molecule has 0 atom stereocenters. The van der Waals surface area contributed by atoms with Crippen LogP contribution < -0.4 is 10.1 Å². The molecule has 1 saturated carbocycles. The summed E-state index contributed by atoms with van der Waals surface area (Å²) in [6.45, 7) is 0. The Morgan fingerprint density at radius 2 is 1.85 bits per heavy atom. The minimum absolute atomic E-state index is 0.0170. The van der Waals surface area contributed by atoms with E-state index in [4.69, 9.17) is 4.74 Å². The average Bonchev–Trinajstić information content (AvgIpc) is 2.41. The summed E-state index contributed by atoms with van der Waals surface area (Å²) < 4.78 is 5.02. The molecule has 20 heavy (non-hydrogen) atoms. The number of hydrogen-bond donors (Lipinski definition) is 1. The van der Waals surface area contributed by atoms with Gasteiger partial charge in [-0.05, 0) is 25.0 Å². The van der Waals surface area contributed by atoms with E-state index < -0.39 is 4.92 Å².